The van der Waals surface area contributed by atoms with Crippen LogP contribution >= 0.6 is 11.8 Å². The Bertz CT molecular complexity index is 777. The van der Waals surface area contributed by atoms with Crippen molar-refractivity contribution in [3.8, 4) is 0 Å². The molecule has 1 aliphatic rings. The number of benzene rings is 1. The number of halogens is 3. The normalized spacial score (nSPS) is 15.2. The first kappa shape index (κ1) is 17.0. The number of alkyl halides is 3. The monoisotopic (exact) mass is 352 g/mol. The minimum Gasteiger partial charge on any atom is -0.293 e. The van der Waals surface area contributed by atoms with Crippen LogP contribution in [-0.2, 0) is 19.0 Å². The standard InChI is InChI=1S/C17H15F3N2OS/c1-10(24-16-21-8-7-14(22-16)17(18,19)20)15(23)13-6-5-11-3-2-4-12(11)9-13/h5-10H,2-4H2,1H3/t10-/m1/s1. The minimum absolute atomic E-state index is 0.0492. The maximum atomic E-state index is 12.7. The molecule has 3 nitrogen and oxygen atoms in total. The summed E-state index contributed by atoms with van der Waals surface area (Å²) in [5.74, 6) is -0.129. The maximum Gasteiger partial charge on any atom is 0.433 e. The van der Waals surface area contributed by atoms with Crippen molar-refractivity contribution >= 4 is 17.5 Å². The van der Waals surface area contributed by atoms with Crippen LogP contribution in [0, 0.1) is 0 Å². The van der Waals surface area contributed by atoms with E-state index < -0.39 is 17.1 Å². The zero-order chi connectivity index (χ0) is 17.3. The summed E-state index contributed by atoms with van der Waals surface area (Å²) >= 11 is 0.938. The number of thioether (sulfide) groups is 1. The quantitative estimate of drug-likeness (QED) is 0.466. The molecular weight excluding hydrogens is 337 g/mol. The van der Waals surface area contributed by atoms with Gasteiger partial charge in [-0.3, -0.25) is 4.79 Å². The van der Waals surface area contributed by atoms with E-state index in [0.29, 0.717) is 5.56 Å². The Morgan fingerprint density at radius 1 is 1.21 bits per heavy atom. The fourth-order valence-corrected chi connectivity index (χ4v) is 3.56. The first-order valence-electron chi connectivity index (χ1n) is 7.57. The number of carbonyl (C=O) groups is 1. The van der Waals surface area contributed by atoms with Crippen molar-refractivity contribution in [2.45, 2.75) is 42.8 Å². The summed E-state index contributed by atoms with van der Waals surface area (Å²) < 4.78 is 38.1. The predicted molar refractivity (Wildman–Crippen MR) is 85.2 cm³/mol. The molecule has 1 aliphatic carbocycles. The third-order valence-corrected chi connectivity index (χ3v) is 4.93. The topological polar surface area (TPSA) is 42.9 Å². The van der Waals surface area contributed by atoms with E-state index in [1.54, 1.807) is 13.0 Å². The lowest BCUT2D eigenvalue weighted by Gasteiger charge is -2.11. The van der Waals surface area contributed by atoms with Crippen LogP contribution in [-0.4, -0.2) is 21.0 Å². The molecule has 1 aromatic carbocycles. The largest absolute Gasteiger partial charge is 0.433 e. The second-order valence-electron chi connectivity index (χ2n) is 5.68. The Kier molecular flexibility index (Phi) is 4.62. The highest BCUT2D eigenvalue weighted by atomic mass is 32.2. The van der Waals surface area contributed by atoms with Crippen LogP contribution in [0.1, 0.15) is 40.5 Å². The van der Waals surface area contributed by atoms with Crippen LogP contribution in [0.15, 0.2) is 35.6 Å². The molecule has 3 rings (SSSR count). The first-order chi connectivity index (χ1) is 11.3. The average molecular weight is 352 g/mol. The Morgan fingerprint density at radius 3 is 2.71 bits per heavy atom. The third kappa shape index (κ3) is 3.61. The number of ketones is 1. The van der Waals surface area contributed by atoms with E-state index in [1.807, 2.05) is 12.1 Å². The molecule has 1 aromatic heterocycles. The maximum absolute atomic E-state index is 12.7. The number of rotatable bonds is 4. The van der Waals surface area contributed by atoms with Crippen molar-refractivity contribution < 1.29 is 18.0 Å². The Hall–Kier alpha value is -1.89. The van der Waals surface area contributed by atoms with Gasteiger partial charge in [-0.05, 0) is 49.4 Å². The van der Waals surface area contributed by atoms with Gasteiger partial charge in [-0.2, -0.15) is 13.2 Å². The molecule has 0 fully saturated rings. The highest BCUT2D eigenvalue weighted by Gasteiger charge is 2.33. The fourth-order valence-electron chi connectivity index (χ4n) is 2.73. The Morgan fingerprint density at radius 2 is 1.96 bits per heavy atom. The van der Waals surface area contributed by atoms with Crippen LogP contribution in [0.25, 0.3) is 0 Å². The molecule has 0 N–H and O–H groups in total. The molecule has 1 atom stereocenters. The number of hydrogen-bond acceptors (Lipinski definition) is 4. The molecular formula is C17H15F3N2OS. The molecule has 126 valence electrons. The van der Waals surface area contributed by atoms with E-state index in [9.17, 15) is 18.0 Å². The molecule has 0 bridgehead atoms. The molecule has 2 aromatic rings. The van der Waals surface area contributed by atoms with Crippen LogP contribution in [0.2, 0.25) is 0 Å². The van der Waals surface area contributed by atoms with E-state index in [1.165, 1.54) is 11.1 Å². The van der Waals surface area contributed by atoms with Gasteiger partial charge in [0.05, 0.1) is 5.25 Å². The molecule has 7 heteroatoms. The molecule has 0 saturated heterocycles. The fraction of sp³-hybridized carbons (Fsp3) is 0.353. The van der Waals surface area contributed by atoms with E-state index in [2.05, 4.69) is 9.97 Å². The van der Waals surface area contributed by atoms with E-state index in [0.717, 1.165) is 43.3 Å². The first-order valence-corrected chi connectivity index (χ1v) is 8.45. The molecule has 0 aliphatic heterocycles. The van der Waals surface area contributed by atoms with E-state index >= 15 is 0 Å². The lowest BCUT2D eigenvalue weighted by atomic mass is 10.0. The van der Waals surface area contributed by atoms with Crippen LogP contribution < -0.4 is 0 Å². The molecule has 24 heavy (non-hydrogen) atoms. The highest BCUT2D eigenvalue weighted by Crippen LogP contribution is 2.30. The lowest BCUT2D eigenvalue weighted by molar-refractivity contribution is -0.141. The SMILES string of the molecule is C[C@@H](Sc1nccc(C(F)(F)F)n1)C(=O)c1ccc2c(c1)CCC2. The summed E-state index contributed by atoms with van der Waals surface area (Å²) in [6, 6.07) is 6.47. The summed E-state index contributed by atoms with van der Waals surface area (Å²) in [6.45, 7) is 1.66. The van der Waals surface area contributed by atoms with Gasteiger partial charge >= 0.3 is 6.18 Å². The molecule has 0 amide bonds. The second-order valence-corrected chi connectivity index (χ2v) is 6.99. The average Bonchev–Trinajstić information content (AvgIpc) is 3.01. The highest BCUT2D eigenvalue weighted by molar-refractivity contribution is 8.00. The summed E-state index contributed by atoms with van der Waals surface area (Å²) in [6.07, 6.45) is -0.369. The van der Waals surface area contributed by atoms with Gasteiger partial charge in [-0.25, -0.2) is 9.97 Å². The van der Waals surface area contributed by atoms with Gasteiger partial charge in [0.2, 0.25) is 0 Å². The van der Waals surface area contributed by atoms with Crippen molar-refractivity contribution in [1.82, 2.24) is 9.97 Å². The molecule has 0 saturated carbocycles. The summed E-state index contributed by atoms with van der Waals surface area (Å²) in [5, 5.41) is -0.611. The van der Waals surface area contributed by atoms with Crippen molar-refractivity contribution in [3.05, 3.63) is 52.8 Å². The van der Waals surface area contributed by atoms with Gasteiger partial charge in [0.25, 0.3) is 0 Å². The summed E-state index contributed by atoms with van der Waals surface area (Å²) in [4.78, 5) is 19.9. The Labute approximate surface area is 141 Å². The van der Waals surface area contributed by atoms with Gasteiger partial charge in [0.1, 0.15) is 5.69 Å². The molecule has 0 unspecified atom stereocenters. The van der Waals surface area contributed by atoms with E-state index in [4.69, 9.17) is 0 Å². The number of hydrogen-bond donors (Lipinski definition) is 0. The van der Waals surface area contributed by atoms with E-state index in [-0.39, 0.29) is 10.9 Å². The van der Waals surface area contributed by atoms with Crippen molar-refractivity contribution in [2.24, 2.45) is 0 Å². The number of aryl methyl sites for hydroxylation is 2. The summed E-state index contributed by atoms with van der Waals surface area (Å²) in [7, 11) is 0. The number of fused-ring (bicyclic) bond motifs is 1. The second kappa shape index (κ2) is 6.55. The molecule has 0 radical (unpaired) electrons. The van der Waals surface area contributed by atoms with Gasteiger partial charge in [-0.1, -0.05) is 23.9 Å². The predicted octanol–water partition coefficient (Wildman–Crippen LogP) is 4.35. The van der Waals surface area contributed by atoms with Crippen molar-refractivity contribution in [3.63, 3.8) is 0 Å². The third-order valence-electron chi connectivity index (χ3n) is 3.96. The number of Topliss-reactive ketones (excluding diaryl/α,β-unsaturated/α-hetero) is 1. The van der Waals surface area contributed by atoms with Crippen LogP contribution in [0.3, 0.4) is 0 Å². The number of nitrogens with zero attached hydrogens (tertiary/aromatic N) is 2. The summed E-state index contributed by atoms with van der Waals surface area (Å²) in [5.41, 5.74) is 2.04. The van der Waals surface area contributed by atoms with Gasteiger partial charge in [0, 0.05) is 11.8 Å². The number of aromatic nitrogens is 2. The Balaban J connectivity index is 1.75. The molecule has 0 spiro atoms. The zero-order valence-electron chi connectivity index (χ0n) is 12.9. The van der Waals surface area contributed by atoms with Crippen molar-refractivity contribution in [1.29, 1.82) is 0 Å². The van der Waals surface area contributed by atoms with Gasteiger partial charge < -0.3 is 0 Å². The minimum atomic E-state index is -4.52. The van der Waals surface area contributed by atoms with Crippen molar-refractivity contribution in [2.75, 3.05) is 0 Å². The lowest BCUT2D eigenvalue weighted by Crippen LogP contribution is -2.15. The number of carbonyl (C=O) groups excluding carboxylic acids is 1. The van der Waals surface area contributed by atoms with Crippen LogP contribution in [0.4, 0.5) is 13.2 Å². The van der Waals surface area contributed by atoms with Gasteiger partial charge in [0.15, 0.2) is 10.9 Å². The van der Waals surface area contributed by atoms with Gasteiger partial charge in [-0.15, -0.1) is 0 Å². The van der Waals surface area contributed by atoms with Crippen LogP contribution in [0.5, 0.6) is 0 Å². The molecule has 1 heterocycles. The zero-order valence-corrected chi connectivity index (χ0v) is 13.7. The smallest absolute Gasteiger partial charge is 0.293 e.